The van der Waals surface area contributed by atoms with Crippen molar-refractivity contribution in [3.8, 4) is 5.69 Å². The van der Waals surface area contributed by atoms with E-state index in [4.69, 9.17) is 23.8 Å². The Bertz CT molecular complexity index is 1570. The molecule has 0 radical (unpaired) electrons. The van der Waals surface area contributed by atoms with Crippen molar-refractivity contribution < 1.29 is 8.42 Å². The first-order chi connectivity index (χ1) is 17.6. The Labute approximate surface area is 227 Å². The Balaban J connectivity index is 1.63. The third-order valence-electron chi connectivity index (χ3n) is 6.40. The molecule has 0 amide bonds. The van der Waals surface area contributed by atoms with Gasteiger partial charge in [0.25, 0.3) is 0 Å². The predicted molar refractivity (Wildman–Crippen MR) is 153 cm³/mol. The number of halogens is 1. The number of thiocarbonyl (C=S) groups is 1. The van der Waals surface area contributed by atoms with Gasteiger partial charge in [-0.2, -0.15) is 0 Å². The van der Waals surface area contributed by atoms with E-state index < -0.39 is 10.0 Å². The monoisotopic (exact) mass is 551 g/mol. The summed E-state index contributed by atoms with van der Waals surface area (Å²) in [7, 11) is -3.38. The number of rotatable bonds is 6. The number of benzene rings is 2. The van der Waals surface area contributed by atoms with Crippen LogP contribution in [0.1, 0.15) is 34.7 Å². The van der Waals surface area contributed by atoms with Gasteiger partial charge in [0.15, 0.2) is 5.11 Å². The number of sulfonamides is 1. The highest BCUT2D eigenvalue weighted by molar-refractivity contribution is 7.92. The first-order valence-corrected chi connectivity index (χ1v) is 14.3. The molecule has 0 spiro atoms. The fourth-order valence-corrected chi connectivity index (χ4v) is 6.05. The van der Waals surface area contributed by atoms with Crippen molar-refractivity contribution in [1.29, 1.82) is 0 Å². The lowest BCUT2D eigenvalue weighted by molar-refractivity contribution is 0.565. The summed E-state index contributed by atoms with van der Waals surface area (Å²) >= 11 is 12.2. The van der Waals surface area contributed by atoms with E-state index in [1.165, 1.54) is 0 Å². The minimum Gasteiger partial charge on any atom is -0.351 e. The number of hydrogen-bond acceptors (Lipinski definition) is 4. The fraction of sp³-hybridized carbons (Fsp3) is 0.185. The molecule has 2 aromatic carbocycles. The number of pyridine rings is 1. The second-order valence-corrected chi connectivity index (χ2v) is 11.6. The smallest absolute Gasteiger partial charge is 0.229 e. The van der Waals surface area contributed by atoms with Crippen LogP contribution in [0.15, 0.2) is 79.0 Å². The van der Waals surface area contributed by atoms with Gasteiger partial charge in [0, 0.05) is 39.7 Å². The second-order valence-electron chi connectivity index (χ2n) is 9.06. The summed E-state index contributed by atoms with van der Waals surface area (Å²) in [5.41, 5.74) is 6.42. The number of hydrogen-bond donors (Lipinski definition) is 2. The second kappa shape index (κ2) is 9.81. The molecule has 10 heteroatoms. The Morgan fingerprint density at radius 2 is 1.76 bits per heavy atom. The molecule has 0 aliphatic carbocycles. The summed E-state index contributed by atoms with van der Waals surface area (Å²) in [4.78, 5) is 6.70. The zero-order valence-electron chi connectivity index (χ0n) is 20.5. The molecule has 0 unspecified atom stereocenters. The highest BCUT2D eigenvalue weighted by Gasteiger charge is 2.42. The highest BCUT2D eigenvalue weighted by Crippen LogP contribution is 2.44. The molecule has 5 rings (SSSR count). The maximum absolute atomic E-state index is 11.7. The van der Waals surface area contributed by atoms with Gasteiger partial charge in [-0.15, -0.1) is 0 Å². The SMILES string of the molecule is Cc1cc([C@@H]2[C@H](c3ccccn3)NC(=S)N2c2ccc(NS(C)(=O)=O)cc2)c(C)n1-c1cccc(Cl)c1. The van der Waals surface area contributed by atoms with E-state index in [-0.39, 0.29) is 12.1 Å². The molecule has 2 atom stereocenters. The maximum Gasteiger partial charge on any atom is 0.229 e. The highest BCUT2D eigenvalue weighted by atomic mass is 35.5. The maximum atomic E-state index is 11.7. The van der Waals surface area contributed by atoms with E-state index in [0.29, 0.717) is 15.8 Å². The van der Waals surface area contributed by atoms with E-state index in [9.17, 15) is 8.42 Å². The first kappa shape index (κ1) is 25.3. The van der Waals surface area contributed by atoms with E-state index in [0.717, 1.165) is 40.3 Å². The normalized spacial score (nSPS) is 17.6. The minimum absolute atomic E-state index is 0.198. The van der Waals surface area contributed by atoms with E-state index >= 15 is 0 Å². The molecule has 7 nitrogen and oxygen atoms in total. The van der Waals surface area contributed by atoms with Crippen LogP contribution in [-0.4, -0.2) is 29.3 Å². The van der Waals surface area contributed by atoms with Gasteiger partial charge in [0.2, 0.25) is 10.0 Å². The minimum atomic E-state index is -3.38. The van der Waals surface area contributed by atoms with Crippen LogP contribution in [0, 0.1) is 13.8 Å². The lowest BCUT2D eigenvalue weighted by Crippen LogP contribution is -2.29. The van der Waals surface area contributed by atoms with Gasteiger partial charge in [-0.3, -0.25) is 9.71 Å². The number of anilines is 2. The molecule has 2 N–H and O–H groups in total. The van der Waals surface area contributed by atoms with E-state index in [1.807, 2.05) is 54.6 Å². The van der Waals surface area contributed by atoms with Crippen LogP contribution in [0.2, 0.25) is 5.02 Å². The molecule has 2 aromatic heterocycles. The van der Waals surface area contributed by atoms with Crippen LogP contribution in [0.25, 0.3) is 5.69 Å². The van der Waals surface area contributed by atoms with E-state index in [1.54, 1.807) is 18.3 Å². The molecule has 0 bridgehead atoms. The first-order valence-electron chi connectivity index (χ1n) is 11.7. The van der Waals surface area contributed by atoms with Crippen molar-refractivity contribution in [3.05, 3.63) is 107 Å². The van der Waals surface area contributed by atoms with Crippen LogP contribution < -0.4 is 14.9 Å². The Hall–Kier alpha value is -3.40. The van der Waals surface area contributed by atoms with E-state index in [2.05, 4.69) is 44.4 Å². The van der Waals surface area contributed by atoms with Crippen LogP contribution in [-0.2, 0) is 10.0 Å². The number of nitrogens with zero attached hydrogens (tertiary/aromatic N) is 3. The van der Waals surface area contributed by atoms with Gasteiger partial charge in [0.1, 0.15) is 0 Å². The topological polar surface area (TPSA) is 79.3 Å². The molecule has 37 heavy (non-hydrogen) atoms. The van der Waals surface area contributed by atoms with Crippen molar-refractivity contribution in [2.75, 3.05) is 15.9 Å². The average molecular weight is 552 g/mol. The summed E-state index contributed by atoms with van der Waals surface area (Å²) < 4.78 is 28.0. The lowest BCUT2D eigenvalue weighted by Gasteiger charge is -2.28. The third-order valence-corrected chi connectivity index (χ3v) is 7.56. The number of aromatic nitrogens is 2. The zero-order valence-corrected chi connectivity index (χ0v) is 22.9. The molecule has 190 valence electrons. The molecule has 1 aliphatic heterocycles. The quantitative estimate of drug-likeness (QED) is 0.300. The summed E-state index contributed by atoms with van der Waals surface area (Å²) in [6.07, 6.45) is 2.91. The van der Waals surface area contributed by atoms with Crippen LogP contribution >= 0.6 is 23.8 Å². The lowest BCUT2D eigenvalue weighted by atomic mass is 9.96. The van der Waals surface area contributed by atoms with Gasteiger partial charge in [0.05, 0.1) is 24.0 Å². The number of nitrogens with one attached hydrogen (secondary N) is 2. The molecule has 0 saturated carbocycles. The summed E-state index contributed by atoms with van der Waals surface area (Å²) in [6, 6.07) is 22.6. The molecule has 4 aromatic rings. The van der Waals surface area contributed by atoms with Gasteiger partial charge in [-0.1, -0.05) is 23.7 Å². The fourth-order valence-electron chi connectivity index (χ4n) is 4.95. The molecular formula is C27H26ClN5O2S2. The summed E-state index contributed by atoms with van der Waals surface area (Å²) in [6.45, 7) is 4.17. The van der Waals surface area contributed by atoms with Gasteiger partial charge in [-0.25, -0.2) is 8.42 Å². The zero-order chi connectivity index (χ0) is 26.3. The number of aryl methyl sites for hydroxylation is 1. The van der Waals surface area contributed by atoms with Crippen molar-refractivity contribution >= 4 is 50.3 Å². The standard InChI is InChI=1S/C27H26ClN5O2S2/c1-17-15-23(18(2)32(17)22-8-6-7-19(28)16-22)26-25(24-9-4-5-14-29-24)30-27(36)33(26)21-12-10-20(11-13-21)31-37(3,34)35/h4-16,25-26,31H,1-3H3,(H,30,36)/t25-,26+/m0/s1. The Morgan fingerprint density at radius 3 is 2.41 bits per heavy atom. The Kier molecular flexibility index (Phi) is 6.70. The molecule has 1 saturated heterocycles. The van der Waals surface area contributed by atoms with Crippen LogP contribution in [0.5, 0.6) is 0 Å². The largest absolute Gasteiger partial charge is 0.351 e. The van der Waals surface area contributed by atoms with Crippen LogP contribution in [0.3, 0.4) is 0 Å². The summed E-state index contributed by atoms with van der Waals surface area (Å²) in [5, 5.41) is 4.72. The van der Waals surface area contributed by atoms with Crippen molar-refractivity contribution in [2.45, 2.75) is 25.9 Å². The van der Waals surface area contributed by atoms with Gasteiger partial charge < -0.3 is 14.8 Å². The van der Waals surface area contributed by atoms with Crippen molar-refractivity contribution in [3.63, 3.8) is 0 Å². The molecule has 1 aliphatic rings. The Morgan fingerprint density at radius 1 is 1.00 bits per heavy atom. The molecule has 1 fully saturated rings. The van der Waals surface area contributed by atoms with Gasteiger partial charge >= 0.3 is 0 Å². The average Bonchev–Trinajstić information content (AvgIpc) is 3.34. The van der Waals surface area contributed by atoms with Crippen molar-refractivity contribution in [1.82, 2.24) is 14.9 Å². The summed E-state index contributed by atoms with van der Waals surface area (Å²) in [5.74, 6) is 0. The predicted octanol–water partition coefficient (Wildman–Crippen LogP) is 5.69. The third kappa shape index (κ3) is 5.07. The van der Waals surface area contributed by atoms with Gasteiger partial charge in [-0.05, 0) is 92.3 Å². The molecular weight excluding hydrogens is 526 g/mol. The molecule has 3 heterocycles. The van der Waals surface area contributed by atoms with Crippen LogP contribution in [0.4, 0.5) is 11.4 Å². The van der Waals surface area contributed by atoms with Crippen molar-refractivity contribution in [2.24, 2.45) is 0 Å².